The molecule has 0 saturated heterocycles. The molecule has 0 fully saturated rings. The second-order valence-electron chi connectivity index (χ2n) is 5.13. The molecule has 1 amide bonds. The molecule has 2 rings (SSSR count). The second-order valence-corrected chi connectivity index (χ2v) is 6.80. The van der Waals surface area contributed by atoms with Crippen molar-refractivity contribution in [2.24, 2.45) is 5.10 Å². The lowest BCUT2D eigenvalue weighted by molar-refractivity contribution is -0.167. The van der Waals surface area contributed by atoms with Gasteiger partial charge in [0.2, 0.25) is 0 Å². The summed E-state index contributed by atoms with van der Waals surface area (Å²) in [7, 11) is -3.82. The molecule has 0 aliphatic rings. The Morgan fingerprint density at radius 3 is 2.12 bits per heavy atom. The van der Waals surface area contributed by atoms with Gasteiger partial charge in [-0.3, -0.25) is 4.79 Å². The van der Waals surface area contributed by atoms with Crippen LogP contribution >= 0.6 is 0 Å². The molecule has 0 radical (unpaired) electrons. The van der Waals surface area contributed by atoms with Crippen LogP contribution in [0.1, 0.15) is 12.5 Å². The molecule has 0 aliphatic carbocycles. The predicted molar refractivity (Wildman–Crippen MR) is 90.1 cm³/mol. The average Bonchev–Trinajstić information content (AvgIpc) is 2.60. The number of sulfonamides is 1. The zero-order valence-corrected chi connectivity index (χ0v) is 14.2. The molecule has 138 valence electrons. The van der Waals surface area contributed by atoms with Gasteiger partial charge in [-0.1, -0.05) is 30.3 Å². The Kier molecular flexibility index (Phi) is 5.66. The highest BCUT2D eigenvalue weighted by atomic mass is 32.2. The number of amides is 1. The van der Waals surface area contributed by atoms with Crippen molar-refractivity contribution in [1.29, 1.82) is 0 Å². The predicted octanol–water partition coefficient (Wildman–Crippen LogP) is 2.89. The summed E-state index contributed by atoms with van der Waals surface area (Å²) in [5, 5.41) is 5.49. The van der Waals surface area contributed by atoms with E-state index in [1.165, 1.54) is 43.3 Å². The van der Waals surface area contributed by atoms with E-state index in [9.17, 15) is 26.4 Å². The van der Waals surface area contributed by atoms with Crippen LogP contribution in [0.3, 0.4) is 0 Å². The number of benzene rings is 2. The summed E-state index contributed by atoms with van der Waals surface area (Å²) in [6, 6.07) is 12.9. The zero-order valence-electron chi connectivity index (χ0n) is 13.4. The van der Waals surface area contributed by atoms with E-state index in [4.69, 9.17) is 0 Å². The first kappa shape index (κ1) is 19.4. The van der Waals surface area contributed by atoms with Crippen molar-refractivity contribution >= 4 is 27.3 Å². The van der Waals surface area contributed by atoms with Crippen LogP contribution in [0.25, 0.3) is 0 Å². The quantitative estimate of drug-likeness (QED) is 0.613. The van der Waals surface area contributed by atoms with E-state index in [0.29, 0.717) is 11.3 Å². The monoisotopic (exact) mass is 385 g/mol. The van der Waals surface area contributed by atoms with Gasteiger partial charge in [-0.2, -0.15) is 31.5 Å². The molecule has 0 aromatic heterocycles. The van der Waals surface area contributed by atoms with E-state index in [1.807, 2.05) is 0 Å². The third-order valence-electron chi connectivity index (χ3n) is 3.21. The summed E-state index contributed by atoms with van der Waals surface area (Å²) in [6.07, 6.45) is -4.98. The van der Waals surface area contributed by atoms with Gasteiger partial charge in [0.05, 0.1) is 10.6 Å². The molecule has 0 spiro atoms. The van der Waals surface area contributed by atoms with Crippen LogP contribution in [0.2, 0.25) is 0 Å². The van der Waals surface area contributed by atoms with Gasteiger partial charge < -0.3 is 5.32 Å². The van der Waals surface area contributed by atoms with Crippen LogP contribution in [-0.4, -0.2) is 26.2 Å². The number of alkyl halides is 3. The summed E-state index contributed by atoms with van der Waals surface area (Å²) in [6.45, 7) is 1.52. The number of nitrogens with zero attached hydrogens (tertiary/aromatic N) is 1. The minimum absolute atomic E-state index is 0.0433. The van der Waals surface area contributed by atoms with Gasteiger partial charge in [-0.05, 0) is 36.8 Å². The summed E-state index contributed by atoms with van der Waals surface area (Å²) >= 11 is 0. The molecule has 2 aromatic rings. The van der Waals surface area contributed by atoms with Crippen LogP contribution in [0, 0.1) is 0 Å². The second kappa shape index (κ2) is 7.56. The first-order chi connectivity index (χ1) is 12.1. The van der Waals surface area contributed by atoms with Gasteiger partial charge in [-0.15, -0.1) is 0 Å². The van der Waals surface area contributed by atoms with Crippen LogP contribution in [0.4, 0.5) is 18.9 Å². The highest BCUT2D eigenvalue weighted by Gasteiger charge is 2.38. The van der Waals surface area contributed by atoms with E-state index in [2.05, 4.69) is 9.93 Å². The van der Waals surface area contributed by atoms with Crippen molar-refractivity contribution in [2.45, 2.75) is 18.0 Å². The Morgan fingerprint density at radius 2 is 1.58 bits per heavy atom. The highest BCUT2D eigenvalue weighted by Crippen LogP contribution is 2.18. The van der Waals surface area contributed by atoms with Crippen molar-refractivity contribution in [3.8, 4) is 0 Å². The molecule has 2 N–H and O–H groups in total. The third kappa shape index (κ3) is 5.06. The Bertz CT molecular complexity index is 909. The Labute approximate surface area is 147 Å². The molecule has 0 atom stereocenters. The fourth-order valence-electron chi connectivity index (χ4n) is 1.84. The van der Waals surface area contributed by atoms with Gasteiger partial charge in [0.15, 0.2) is 0 Å². The van der Waals surface area contributed by atoms with Crippen molar-refractivity contribution in [1.82, 2.24) is 4.83 Å². The van der Waals surface area contributed by atoms with E-state index in [0.717, 1.165) is 0 Å². The average molecular weight is 385 g/mol. The largest absolute Gasteiger partial charge is 0.471 e. The number of halogens is 3. The maximum absolute atomic E-state index is 12.2. The van der Waals surface area contributed by atoms with E-state index < -0.39 is 22.1 Å². The summed E-state index contributed by atoms with van der Waals surface area (Å²) in [5.74, 6) is -2.08. The van der Waals surface area contributed by atoms with Crippen molar-refractivity contribution < 1.29 is 26.4 Å². The Balaban J connectivity index is 2.09. The molecule has 0 saturated carbocycles. The molecule has 0 bridgehead atoms. The lowest BCUT2D eigenvalue weighted by Crippen LogP contribution is -2.29. The summed E-state index contributed by atoms with van der Waals surface area (Å²) in [5.41, 5.74) is 0.706. The molecular weight excluding hydrogens is 371 g/mol. The fraction of sp³-hybridized carbons (Fsp3) is 0.125. The van der Waals surface area contributed by atoms with Crippen molar-refractivity contribution in [3.05, 3.63) is 60.2 Å². The molecule has 0 aliphatic heterocycles. The number of rotatable bonds is 5. The first-order valence-electron chi connectivity index (χ1n) is 7.19. The molecular formula is C16H14F3N3O3S. The number of carbonyl (C=O) groups excluding carboxylic acids is 1. The summed E-state index contributed by atoms with van der Waals surface area (Å²) in [4.78, 5) is 13.0. The fourth-order valence-corrected chi connectivity index (χ4v) is 2.72. The van der Waals surface area contributed by atoms with Gasteiger partial charge in [0.1, 0.15) is 0 Å². The van der Waals surface area contributed by atoms with Crippen molar-refractivity contribution in [3.63, 3.8) is 0 Å². The van der Waals surface area contributed by atoms with Crippen LogP contribution < -0.4 is 10.1 Å². The maximum Gasteiger partial charge on any atom is 0.471 e. The van der Waals surface area contributed by atoms with Gasteiger partial charge >= 0.3 is 12.1 Å². The molecule has 2 aromatic carbocycles. The normalized spacial score (nSPS) is 12.5. The van der Waals surface area contributed by atoms with Crippen LogP contribution in [0.5, 0.6) is 0 Å². The molecule has 26 heavy (non-hydrogen) atoms. The first-order valence-corrected chi connectivity index (χ1v) is 8.68. The lowest BCUT2D eigenvalue weighted by Gasteiger charge is -2.09. The SMILES string of the molecule is C/C(=N\NS(=O)(=O)c1ccccc1)c1ccc(NC(=O)C(F)(F)F)cc1. The highest BCUT2D eigenvalue weighted by molar-refractivity contribution is 7.89. The number of hydrazone groups is 1. The molecule has 6 nitrogen and oxygen atoms in total. The Hall–Kier alpha value is -2.88. The minimum Gasteiger partial charge on any atom is -0.318 e. The zero-order chi connectivity index (χ0) is 19.4. The number of nitrogens with one attached hydrogen (secondary N) is 2. The van der Waals surface area contributed by atoms with Gasteiger partial charge in [0, 0.05) is 5.69 Å². The number of hydrogen-bond donors (Lipinski definition) is 2. The van der Waals surface area contributed by atoms with Crippen molar-refractivity contribution in [2.75, 3.05) is 5.32 Å². The molecule has 0 unspecified atom stereocenters. The number of anilines is 1. The lowest BCUT2D eigenvalue weighted by atomic mass is 10.1. The van der Waals surface area contributed by atoms with E-state index >= 15 is 0 Å². The van der Waals surface area contributed by atoms with Gasteiger partial charge in [0.25, 0.3) is 10.0 Å². The maximum atomic E-state index is 12.2. The molecule has 0 heterocycles. The number of hydrogen-bond acceptors (Lipinski definition) is 4. The van der Waals surface area contributed by atoms with Crippen LogP contribution in [0.15, 0.2) is 64.6 Å². The Morgan fingerprint density at radius 1 is 1.00 bits per heavy atom. The summed E-state index contributed by atoms with van der Waals surface area (Å²) < 4.78 is 60.7. The molecule has 10 heteroatoms. The smallest absolute Gasteiger partial charge is 0.318 e. The van der Waals surface area contributed by atoms with E-state index in [-0.39, 0.29) is 10.6 Å². The minimum atomic E-state index is -4.98. The van der Waals surface area contributed by atoms with E-state index in [1.54, 1.807) is 23.5 Å². The topological polar surface area (TPSA) is 87.6 Å². The third-order valence-corrected chi connectivity index (χ3v) is 4.43. The number of carbonyl (C=O) groups is 1. The van der Waals surface area contributed by atoms with Crippen LogP contribution in [-0.2, 0) is 14.8 Å². The standard InChI is InChI=1S/C16H14F3N3O3S/c1-11(21-22-26(24,25)14-5-3-2-4-6-14)12-7-9-13(10-8-12)20-15(23)16(17,18)19/h2-10,22H,1H3,(H,20,23)/b21-11+. The van der Waals surface area contributed by atoms with Gasteiger partial charge in [-0.25, -0.2) is 0 Å².